The van der Waals surface area contributed by atoms with Gasteiger partial charge >= 0.3 is 18.1 Å². The molecule has 0 spiro atoms. The van der Waals surface area contributed by atoms with E-state index in [1.165, 1.54) is 19.1 Å². The summed E-state index contributed by atoms with van der Waals surface area (Å²) in [6.07, 6.45) is -5.07. The molecule has 4 rings (SSSR count). The number of rotatable bonds is 11. The topological polar surface area (TPSA) is 115 Å². The molecule has 0 N–H and O–H groups in total. The second kappa shape index (κ2) is 17.4. The molecule has 0 saturated heterocycles. The Morgan fingerprint density at radius 1 is 0.980 bits per heavy atom. The summed E-state index contributed by atoms with van der Waals surface area (Å²) in [5.74, 6) is -2.01. The van der Waals surface area contributed by atoms with Crippen molar-refractivity contribution in [3.63, 3.8) is 0 Å². The van der Waals surface area contributed by atoms with Crippen LogP contribution < -0.4 is 9.64 Å². The summed E-state index contributed by atoms with van der Waals surface area (Å²) < 4.78 is 58.9. The Morgan fingerprint density at radius 2 is 1.57 bits per heavy atom. The number of amides is 1. The number of nitriles is 1. The second-order valence-corrected chi connectivity index (χ2v) is 12.8. The van der Waals surface area contributed by atoms with Gasteiger partial charge < -0.3 is 18.9 Å². The summed E-state index contributed by atoms with van der Waals surface area (Å²) in [5, 5.41) is 8.23. The average Bonchev–Trinajstić information content (AvgIpc) is 3.63. The number of esters is 2. The number of alkyl halides is 3. The van der Waals surface area contributed by atoms with Gasteiger partial charge in [0.1, 0.15) is 35.2 Å². The third-order valence-electron chi connectivity index (χ3n) is 8.40. The quantitative estimate of drug-likeness (QED) is 0.181. The Balaban J connectivity index is 0.000000304. The molecule has 1 amide bonds. The van der Waals surface area contributed by atoms with E-state index in [9.17, 15) is 32.8 Å². The van der Waals surface area contributed by atoms with Crippen molar-refractivity contribution in [1.29, 1.82) is 5.26 Å². The normalized spacial score (nSPS) is 17.4. The highest BCUT2D eigenvalue weighted by molar-refractivity contribution is 6.30. The van der Waals surface area contributed by atoms with Crippen LogP contribution in [0.2, 0.25) is 0 Å². The summed E-state index contributed by atoms with van der Waals surface area (Å²) in [4.78, 5) is 38.2. The van der Waals surface area contributed by atoms with E-state index in [0.717, 1.165) is 22.9 Å². The number of benzene rings is 3. The van der Waals surface area contributed by atoms with E-state index in [1.807, 2.05) is 56.3 Å². The minimum Gasteiger partial charge on any atom is -0.467 e. The first-order chi connectivity index (χ1) is 24.0. The molecule has 2 unspecified atom stereocenters. The van der Waals surface area contributed by atoms with Crippen molar-refractivity contribution < 1.29 is 46.5 Å². The molecule has 1 fully saturated rings. The molecule has 1 aliphatic rings. The third-order valence-corrected chi connectivity index (χ3v) is 8.74. The van der Waals surface area contributed by atoms with E-state index in [4.69, 9.17) is 30.5 Å². The standard InChI is InChI=1S/C23H19ClF3NO3.C15H21NO4/c1-22(2)17(12-19(24)23(25,26)27)20(22)21(29)31-18(13-28)14-7-6-10-16(11-14)30-15-8-4-3-5-9-15;1-10-7-6-8-11(2)14(10)16(13(17)9-19-4)12(3)15(18)20-5/h3-12,17-18,20H,1-2H3;6-8,12H,9H2,1-5H3/b19-12-;/t17-,18?,20-;/m0./s1. The van der Waals surface area contributed by atoms with E-state index in [-0.39, 0.29) is 12.5 Å². The lowest BCUT2D eigenvalue weighted by Crippen LogP contribution is -2.46. The molecule has 1 saturated carbocycles. The molecular formula is C38H40ClF3N2O7. The number of methoxy groups -OCH3 is 2. The van der Waals surface area contributed by atoms with Crippen LogP contribution in [0, 0.1) is 42.4 Å². The van der Waals surface area contributed by atoms with E-state index in [0.29, 0.717) is 17.1 Å². The first-order valence-electron chi connectivity index (χ1n) is 15.8. The highest BCUT2D eigenvalue weighted by Gasteiger charge is 2.62. The smallest absolute Gasteiger partial charge is 0.426 e. The molecule has 0 aliphatic heterocycles. The van der Waals surface area contributed by atoms with Gasteiger partial charge in [-0.25, -0.2) is 4.79 Å². The van der Waals surface area contributed by atoms with Crippen molar-refractivity contribution in [3.05, 3.63) is 101 Å². The van der Waals surface area contributed by atoms with Gasteiger partial charge in [-0.3, -0.25) is 14.5 Å². The lowest BCUT2D eigenvalue weighted by atomic mass is 10.1. The highest BCUT2D eigenvalue weighted by atomic mass is 35.5. The summed E-state index contributed by atoms with van der Waals surface area (Å²) in [6, 6.07) is 22.4. The molecule has 0 heterocycles. The number of hydrogen-bond donors (Lipinski definition) is 0. The molecule has 0 aromatic heterocycles. The molecular weight excluding hydrogens is 689 g/mol. The maximum atomic E-state index is 12.7. The van der Waals surface area contributed by atoms with Crippen LogP contribution in [0.3, 0.4) is 0 Å². The molecule has 51 heavy (non-hydrogen) atoms. The van der Waals surface area contributed by atoms with Gasteiger partial charge in [0.25, 0.3) is 5.91 Å². The minimum atomic E-state index is -4.68. The first kappa shape index (κ1) is 40.6. The van der Waals surface area contributed by atoms with E-state index in [2.05, 4.69) is 0 Å². The van der Waals surface area contributed by atoms with Gasteiger partial charge in [0, 0.05) is 12.7 Å². The van der Waals surface area contributed by atoms with E-state index < -0.39 is 52.5 Å². The molecule has 3 aromatic carbocycles. The molecule has 272 valence electrons. The fourth-order valence-corrected chi connectivity index (χ4v) is 5.74. The lowest BCUT2D eigenvalue weighted by molar-refractivity contribution is -0.149. The number of aryl methyl sites for hydroxylation is 2. The summed E-state index contributed by atoms with van der Waals surface area (Å²) in [7, 11) is 2.76. The summed E-state index contributed by atoms with van der Waals surface area (Å²) in [5.41, 5.74) is 2.20. The van der Waals surface area contributed by atoms with Crippen LogP contribution in [0.15, 0.2) is 83.9 Å². The van der Waals surface area contributed by atoms with Crippen molar-refractivity contribution in [2.24, 2.45) is 17.3 Å². The molecule has 1 aliphatic carbocycles. The van der Waals surface area contributed by atoms with E-state index in [1.54, 1.807) is 57.2 Å². The number of carbonyl (C=O) groups is 3. The predicted octanol–water partition coefficient (Wildman–Crippen LogP) is 8.39. The number of anilines is 1. The zero-order chi connectivity index (χ0) is 38.1. The van der Waals surface area contributed by atoms with Crippen LogP contribution in [-0.2, 0) is 28.6 Å². The molecule has 3 aromatic rings. The van der Waals surface area contributed by atoms with Crippen molar-refractivity contribution >= 4 is 35.1 Å². The number of carbonyl (C=O) groups excluding carboxylic acids is 3. The predicted molar refractivity (Wildman–Crippen MR) is 185 cm³/mol. The number of allylic oxidation sites excluding steroid dienone is 2. The first-order valence-corrected chi connectivity index (χ1v) is 16.2. The molecule has 0 bridgehead atoms. The Bertz CT molecular complexity index is 1750. The van der Waals surface area contributed by atoms with Crippen molar-refractivity contribution in [3.8, 4) is 17.6 Å². The van der Waals surface area contributed by atoms with Gasteiger partial charge in [0.2, 0.25) is 6.10 Å². The monoisotopic (exact) mass is 728 g/mol. The van der Waals surface area contributed by atoms with Crippen LogP contribution in [0.4, 0.5) is 18.9 Å². The maximum Gasteiger partial charge on any atom is 0.426 e. The zero-order valence-corrected chi connectivity index (χ0v) is 30.0. The van der Waals surface area contributed by atoms with Crippen LogP contribution in [0.5, 0.6) is 11.5 Å². The van der Waals surface area contributed by atoms with Crippen LogP contribution in [0.1, 0.15) is 43.6 Å². The van der Waals surface area contributed by atoms with Gasteiger partial charge in [0.05, 0.1) is 18.7 Å². The fraction of sp³-hybridized carbons (Fsp3) is 0.368. The SMILES string of the molecule is CC1(C)[C@H](C(=O)OC(C#N)c2cccc(Oc3ccccc3)c2)[C@@H]1/C=C(\Cl)C(F)(F)F.COCC(=O)N(c1c(C)cccc1C)C(C)C(=O)OC. The summed E-state index contributed by atoms with van der Waals surface area (Å²) >= 11 is 5.32. The largest absolute Gasteiger partial charge is 0.467 e. The van der Waals surface area contributed by atoms with Crippen molar-refractivity contribution in [2.75, 3.05) is 25.7 Å². The maximum absolute atomic E-state index is 12.7. The van der Waals surface area contributed by atoms with Crippen molar-refractivity contribution in [1.82, 2.24) is 0 Å². The van der Waals surface area contributed by atoms with Crippen LogP contribution >= 0.6 is 11.6 Å². The van der Waals surface area contributed by atoms with Crippen molar-refractivity contribution in [2.45, 2.75) is 52.9 Å². The lowest BCUT2D eigenvalue weighted by Gasteiger charge is -2.30. The number of halogens is 4. The van der Waals surface area contributed by atoms with Gasteiger partial charge in [0.15, 0.2) is 0 Å². The Labute approximate surface area is 300 Å². The second-order valence-electron chi connectivity index (χ2n) is 12.4. The Hall–Kier alpha value is -4.86. The number of nitrogens with zero attached hydrogens (tertiary/aromatic N) is 2. The molecule has 9 nitrogen and oxygen atoms in total. The van der Waals surface area contributed by atoms with Crippen LogP contribution in [0.25, 0.3) is 0 Å². The number of para-hydroxylation sites is 2. The molecule has 4 atom stereocenters. The van der Waals surface area contributed by atoms with Crippen LogP contribution in [-0.4, -0.2) is 50.9 Å². The highest BCUT2D eigenvalue weighted by Crippen LogP contribution is 2.60. The Morgan fingerprint density at radius 3 is 2.12 bits per heavy atom. The number of hydrogen-bond acceptors (Lipinski definition) is 8. The van der Waals surface area contributed by atoms with E-state index >= 15 is 0 Å². The van der Waals surface area contributed by atoms with Gasteiger partial charge in [-0.1, -0.05) is 80.1 Å². The third kappa shape index (κ3) is 10.3. The van der Waals surface area contributed by atoms with Gasteiger partial charge in [-0.2, -0.15) is 18.4 Å². The Kier molecular flexibility index (Phi) is 13.8. The summed E-state index contributed by atoms with van der Waals surface area (Å²) in [6.45, 7) is 8.66. The van der Waals surface area contributed by atoms with Gasteiger partial charge in [-0.15, -0.1) is 0 Å². The number of ether oxygens (including phenoxy) is 4. The van der Waals surface area contributed by atoms with Gasteiger partial charge in [-0.05, 0) is 67.5 Å². The molecule has 0 radical (unpaired) electrons. The zero-order valence-electron chi connectivity index (χ0n) is 29.3. The molecule has 13 heteroatoms. The fourth-order valence-electron chi connectivity index (χ4n) is 5.60. The minimum absolute atomic E-state index is 0.0882. The average molecular weight is 729 g/mol.